The van der Waals surface area contributed by atoms with Crippen LogP contribution in [0.5, 0.6) is 0 Å². The molecule has 0 atom stereocenters. The summed E-state index contributed by atoms with van der Waals surface area (Å²) in [5.41, 5.74) is 11.4. The summed E-state index contributed by atoms with van der Waals surface area (Å²) in [7, 11) is 0. The summed E-state index contributed by atoms with van der Waals surface area (Å²) in [6, 6.07) is 64.4. The van der Waals surface area contributed by atoms with Gasteiger partial charge in [-0.05, 0) is 130 Å². The van der Waals surface area contributed by atoms with Gasteiger partial charge in [0.1, 0.15) is 5.65 Å². The Balaban J connectivity index is 1.16. The van der Waals surface area contributed by atoms with Crippen LogP contribution in [0.25, 0.3) is 115 Å². The van der Waals surface area contributed by atoms with E-state index in [0.29, 0.717) is 0 Å². The first-order valence-electron chi connectivity index (χ1n) is 18.8. The van der Waals surface area contributed by atoms with Crippen LogP contribution in [0.15, 0.2) is 188 Å². The Morgan fingerprint density at radius 3 is 1.60 bits per heavy atom. The average Bonchev–Trinajstić information content (AvgIpc) is 3.65. The standard InChI is InChI=1S/C52H31N3/c1-3-11-34-27-38(19-17-32(34)9-1)50-41-13-5-6-14-42(41)51(39-20-18-33-10-2-4-12-35(33)28-39)46-30-37(21-23-43(46)50)36-22-24-44-45(29-36)40-25-26-53-31-49(40)55-48-16-8-7-15-47(48)54-52(44)55/h1-31H. The van der Waals surface area contributed by atoms with Crippen molar-refractivity contribution >= 4 is 81.4 Å². The molecule has 0 spiro atoms. The fourth-order valence-electron chi connectivity index (χ4n) is 9.05. The van der Waals surface area contributed by atoms with Gasteiger partial charge in [-0.2, -0.15) is 0 Å². The van der Waals surface area contributed by atoms with Gasteiger partial charge in [0.25, 0.3) is 0 Å². The Labute approximate surface area is 316 Å². The third kappa shape index (κ3) is 4.50. The molecular formula is C52H31N3. The molecule has 0 radical (unpaired) electrons. The Hall–Kier alpha value is -7.36. The van der Waals surface area contributed by atoms with Crippen LogP contribution in [-0.2, 0) is 0 Å². The number of fused-ring (bicyclic) bond motifs is 12. The fourth-order valence-corrected chi connectivity index (χ4v) is 9.05. The Morgan fingerprint density at radius 1 is 0.345 bits per heavy atom. The van der Waals surface area contributed by atoms with Gasteiger partial charge in [0.15, 0.2) is 0 Å². The zero-order valence-electron chi connectivity index (χ0n) is 29.7. The van der Waals surface area contributed by atoms with Gasteiger partial charge in [0.2, 0.25) is 0 Å². The van der Waals surface area contributed by atoms with Gasteiger partial charge in [0, 0.05) is 17.0 Å². The van der Waals surface area contributed by atoms with E-state index in [1.807, 2.05) is 12.4 Å². The third-order valence-electron chi connectivity index (χ3n) is 11.6. The van der Waals surface area contributed by atoms with Crippen LogP contribution in [0.4, 0.5) is 0 Å². The van der Waals surface area contributed by atoms with Crippen LogP contribution in [0.1, 0.15) is 0 Å². The molecule has 0 saturated heterocycles. The molecular weight excluding hydrogens is 667 g/mol. The van der Waals surface area contributed by atoms with E-state index in [0.717, 1.165) is 38.5 Å². The molecule has 0 saturated carbocycles. The molecule has 3 heteroatoms. The van der Waals surface area contributed by atoms with Crippen LogP contribution < -0.4 is 0 Å². The lowest BCUT2D eigenvalue weighted by molar-refractivity contribution is 1.27. The van der Waals surface area contributed by atoms with Gasteiger partial charge >= 0.3 is 0 Å². The largest absolute Gasteiger partial charge is 0.290 e. The molecule has 0 N–H and O–H groups in total. The summed E-state index contributed by atoms with van der Waals surface area (Å²) >= 11 is 0. The van der Waals surface area contributed by atoms with Crippen LogP contribution >= 0.6 is 0 Å². The zero-order chi connectivity index (χ0) is 36.0. The number of benzene rings is 9. The van der Waals surface area contributed by atoms with Crippen molar-refractivity contribution in [2.45, 2.75) is 0 Å². The second kappa shape index (κ2) is 11.6. The van der Waals surface area contributed by atoms with Gasteiger partial charge in [-0.3, -0.25) is 9.38 Å². The number of pyridine rings is 2. The summed E-state index contributed by atoms with van der Waals surface area (Å²) in [5.74, 6) is 0. The highest BCUT2D eigenvalue weighted by Gasteiger charge is 2.19. The van der Waals surface area contributed by atoms with Gasteiger partial charge in [0.05, 0.1) is 22.7 Å². The van der Waals surface area contributed by atoms with E-state index in [1.165, 1.54) is 76.3 Å². The first-order valence-corrected chi connectivity index (χ1v) is 18.8. The molecule has 3 nitrogen and oxygen atoms in total. The molecule has 254 valence electrons. The maximum atomic E-state index is 5.13. The summed E-state index contributed by atoms with van der Waals surface area (Å²) in [6.07, 6.45) is 3.86. The minimum Gasteiger partial charge on any atom is -0.290 e. The van der Waals surface area contributed by atoms with Crippen molar-refractivity contribution in [2.75, 3.05) is 0 Å². The van der Waals surface area contributed by atoms with Crippen LogP contribution in [-0.4, -0.2) is 14.4 Å². The normalized spacial score (nSPS) is 12.0. The number of nitrogens with zero attached hydrogens (tertiary/aromatic N) is 3. The Bertz CT molecular complexity index is 3560. The molecule has 0 fully saturated rings. The number of hydrogen-bond donors (Lipinski definition) is 0. The van der Waals surface area contributed by atoms with Crippen molar-refractivity contribution < 1.29 is 0 Å². The van der Waals surface area contributed by atoms with Crippen LogP contribution in [0.3, 0.4) is 0 Å². The maximum Gasteiger partial charge on any atom is 0.146 e. The summed E-state index contributed by atoms with van der Waals surface area (Å²) < 4.78 is 2.25. The van der Waals surface area contributed by atoms with E-state index in [4.69, 9.17) is 4.98 Å². The molecule has 12 aromatic rings. The van der Waals surface area contributed by atoms with Crippen molar-refractivity contribution in [1.29, 1.82) is 0 Å². The number of imidazole rings is 1. The average molecular weight is 698 g/mol. The molecule has 3 aromatic heterocycles. The second-order valence-electron chi connectivity index (χ2n) is 14.6. The second-order valence-corrected chi connectivity index (χ2v) is 14.6. The Morgan fingerprint density at radius 2 is 0.891 bits per heavy atom. The van der Waals surface area contributed by atoms with E-state index < -0.39 is 0 Å². The third-order valence-corrected chi connectivity index (χ3v) is 11.6. The number of para-hydroxylation sites is 2. The summed E-state index contributed by atoms with van der Waals surface area (Å²) in [6.45, 7) is 0. The molecule has 55 heavy (non-hydrogen) atoms. The van der Waals surface area contributed by atoms with Crippen molar-refractivity contribution in [3.8, 4) is 33.4 Å². The smallest absolute Gasteiger partial charge is 0.146 e. The van der Waals surface area contributed by atoms with E-state index in [9.17, 15) is 0 Å². The van der Waals surface area contributed by atoms with Crippen LogP contribution in [0, 0.1) is 0 Å². The number of aromatic nitrogens is 3. The zero-order valence-corrected chi connectivity index (χ0v) is 29.7. The molecule has 3 heterocycles. The Kier molecular flexibility index (Phi) is 6.34. The molecule has 0 bridgehead atoms. The van der Waals surface area contributed by atoms with E-state index in [-0.39, 0.29) is 0 Å². The fraction of sp³-hybridized carbons (Fsp3) is 0. The molecule has 0 unspecified atom stereocenters. The monoisotopic (exact) mass is 697 g/mol. The predicted molar refractivity (Wildman–Crippen MR) is 232 cm³/mol. The number of hydrogen-bond acceptors (Lipinski definition) is 2. The minimum atomic E-state index is 0.951. The van der Waals surface area contributed by atoms with E-state index in [2.05, 4.69) is 185 Å². The van der Waals surface area contributed by atoms with Crippen molar-refractivity contribution in [3.63, 3.8) is 0 Å². The topological polar surface area (TPSA) is 30.2 Å². The summed E-state index contributed by atoms with van der Waals surface area (Å²) in [5, 5.41) is 13.4. The molecule has 0 aliphatic rings. The lowest BCUT2D eigenvalue weighted by Crippen LogP contribution is -1.93. The predicted octanol–water partition coefficient (Wildman–Crippen LogP) is 13.8. The maximum absolute atomic E-state index is 5.13. The molecule has 9 aromatic carbocycles. The highest BCUT2D eigenvalue weighted by Crippen LogP contribution is 2.46. The highest BCUT2D eigenvalue weighted by molar-refractivity contribution is 6.23. The van der Waals surface area contributed by atoms with E-state index in [1.54, 1.807) is 0 Å². The lowest BCUT2D eigenvalue weighted by Gasteiger charge is -2.19. The van der Waals surface area contributed by atoms with Gasteiger partial charge in [-0.1, -0.05) is 127 Å². The van der Waals surface area contributed by atoms with E-state index >= 15 is 0 Å². The van der Waals surface area contributed by atoms with Gasteiger partial charge < -0.3 is 0 Å². The van der Waals surface area contributed by atoms with Crippen molar-refractivity contribution in [2.24, 2.45) is 0 Å². The van der Waals surface area contributed by atoms with Gasteiger partial charge in [-0.15, -0.1) is 0 Å². The van der Waals surface area contributed by atoms with Gasteiger partial charge in [-0.25, -0.2) is 4.98 Å². The summed E-state index contributed by atoms with van der Waals surface area (Å²) in [4.78, 5) is 9.68. The van der Waals surface area contributed by atoms with Crippen LogP contribution in [0.2, 0.25) is 0 Å². The number of rotatable bonds is 3. The molecule has 0 aliphatic heterocycles. The first-order chi connectivity index (χ1) is 27.3. The lowest BCUT2D eigenvalue weighted by atomic mass is 9.84. The van der Waals surface area contributed by atoms with Crippen molar-refractivity contribution in [3.05, 3.63) is 188 Å². The first kappa shape index (κ1) is 30.1. The SMILES string of the molecule is c1ccc2cc(-c3c4ccccc4c(-c4ccc5ccccc5c4)c4cc(-c5ccc6c(c5)c5ccncc5n5c7ccccc7nc65)ccc34)ccc2c1. The molecule has 12 rings (SSSR count). The van der Waals surface area contributed by atoms with Crippen molar-refractivity contribution in [1.82, 2.24) is 14.4 Å². The molecule has 0 amide bonds. The molecule has 0 aliphatic carbocycles. The minimum absolute atomic E-state index is 0.951. The highest BCUT2D eigenvalue weighted by atomic mass is 15.0. The quantitative estimate of drug-likeness (QED) is 0.136.